The molecule has 0 atom stereocenters. The summed E-state index contributed by atoms with van der Waals surface area (Å²) in [5.74, 6) is 1.90. The summed E-state index contributed by atoms with van der Waals surface area (Å²) in [6.45, 7) is 6.20. The molecule has 1 N–H and O–H groups in total. The van der Waals surface area contributed by atoms with Crippen molar-refractivity contribution in [3.63, 3.8) is 0 Å². The van der Waals surface area contributed by atoms with Gasteiger partial charge in [0, 0.05) is 24.0 Å². The van der Waals surface area contributed by atoms with E-state index >= 15 is 0 Å². The number of thiazole rings is 1. The number of nitrogens with zero attached hydrogens (tertiary/aromatic N) is 1. The molecule has 0 aliphatic heterocycles. The van der Waals surface area contributed by atoms with Crippen LogP contribution in [0.15, 0.2) is 22.7 Å². The topological polar surface area (TPSA) is 38.1 Å². The van der Waals surface area contributed by atoms with Crippen molar-refractivity contribution in [2.75, 3.05) is 6.54 Å². The Labute approximate surface area is 106 Å². The number of furan rings is 1. The number of hydrogen-bond donors (Lipinski definition) is 1. The van der Waals surface area contributed by atoms with Crippen LogP contribution in [0.3, 0.4) is 0 Å². The van der Waals surface area contributed by atoms with Crippen LogP contribution in [-0.2, 0) is 13.0 Å². The second-order valence-electron chi connectivity index (χ2n) is 3.93. The highest BCUT2D eigenvalue weighted by molar-refractivity contribution is 7.14. The van der Waals surface area contributed by atoms with Gasteiger partial charge in [-0.3, -0.25) is 0 Å². The van der Waals surface area contributed by atoms with Gasteiger partial charge in [0.05, 0.1) is 0 Å². The number of aryl methyl sites for hydroxylation is 1. The van der Waals surface area contributed by atoms with E-state index in [1.54, 1.807) is 11.3 Å². The third kappa shape index (κ3) is 3.17. The Kier molecular flexibility index (Phi) is 4.34. The highest BCUT2D eigenvalue weighted by atomic mass is 32.1. The molecule has 0 saturated heterocycles. The first-order valence-electron chi connectivity index (χ1n) is 6.08. The smallest absolute Gasteiger partial charge is 0.162 e. The van der Waals surface area contributed by atoms with E-state index in [9.17, 15) is 0 Å². The summed E-state index contributed by atoms with van der Waals surface area (Å²) in [4.78, 5) is 5.65. The molecule has 0 spiro atoms. The van der Waals surface area contributed by atoms with Crippen molar-refractivity contribution in [1.82, 2.24) is 10.3 Å². The summed E-state index contributed by atoms with van der Waals surface area (Å²) in [6.07, 6.45) is 4.01. The molecule has 2 rings (SSSR count). The van der Waals surface area contributed by atoms with Crippen LogP contribution in [-0.4, -0.2) is 11.5 Å². The first-order valence-corrected chi connectivity index (χ1v) is 6.89. The summed E-state index contributed by atoms with van der Waals surface area (Å²) in [5, 5.41) is 4.34. The second-order valence-corrected chi connectivity index (χ2v) is 5.04. The minimum Gasteiger partial charge on any atom is -0.459 e. The molecule has 2 aromatic rings. The van der Waals surface area contributed by atoms with Crippen LogP contribution in [0.2, 0.25) is 0 Å². The van der Waals surface area contributed by atoms with Crippen LogP contribution >= 0.6 is 11.3 Å². The first kappa shape index (κ1) is 12.3. The lowest BCUT2D eigenvalue weighted by atomic mass is 10.4. The molecule has 0 aliphatic carbocycles. The molecular weight excluding hydrogens is 232 g/mol. The monoisotopic (exact) mass is 250 g/mol. The molecule has 0 fully saturated rings. The van der Waals surface area contributed by atoms with E-state index in [4.69, 9.17) is 4.42 Å². The van der Waals surface area contributed by atoms with Crippen molar-refractivity contribution in [3.8, 4) is 10.8 Å². The Balaban J connectivity index is 2.02. The van der Waals surface area contributed by atoms with Gasteiger partial charge in [-0.1, -0.05) is 13.8 Å². The Morgan fingerprint density at radius 3 is 2.94 bits per heavy atom. The molecule has 0 bridgehead atoms. The van der Waals surface area contributed by atoms with E-state index in [2.05, 4.69) is 24.1 Å². The van der Waals surface area contributed by atoms with Gasteiger partial charge in [0.2, 0.25) is 0 Å². The fourth-order valence-electron chi connectivity index (χ4n) is 1.57. The average Bonchev–Trinajstić information content (AvgIpc) is 2.97. The molecule has 0 amide bonds. The van der Waals surface area contributed by atoms with E-state index in [0.717, 1.165) is 42.5 Å². The predicted molar refractivity (Wildman–Crippen MR) is 71.2 cm³/mol. The van der Waals surface area contributed by atoms with Gasteiger partial charge in [0.15, 0.2) is 10.8 Å². The zero-order chi connectivity index (χ0) is 12.1. The molecule has 0 aliphatic rings. The number of aromatic nitrogens is 1. The van der Waals surface area contributed by atoms with Gasteiger partial charge >= 0.3 is 0 Å². The van der Waals surface area contributed by atoms with E-state index in [1.165, 1.54) is 4.88 Å². The van der Waals surface area contributed by atoms with Crippen molar-refractivity contribution in [3.05, 3.63) is 29.0 Å². The van der Waals surface area contributed by atoms with Gasteiger partial charge in [-0.15, -0.1) is 11.3 Å². The molecule has 3 nitrogen and oxygen atoms in total. The van der Waals surface area contributed by atoms with Crippen LogP contribution in [0, 0.1) is 0 Å². The highest BCUT2D eigenvalue weighted by Gasteiger charge is 2.08. The largest absolute Gasteiger partial charge is 0.459 e. The quantitative estimate of drug-likeness (QED) is 0.798. The molecular formula is C13H18N2OS. The molecule has 0 unspecified atom stereocenters. The lowest BCUT2D eigenvalue weighted by Crippen LogP contribution is -2.12. The second kappa shape index (κ2) is 5.98. The standard InChI is InChI=1S/C13H18N2OS/c1-3-7-14-8-11-9-15-13(17-11)12-6-5-10(4-2)16-12/h5-6,9,14H,3-4,7-8H2,1-2H3. The van der Waals surface area contributed by atoms with Gasteiger partial charge in [-0.2, -0.15) is 0 Å². The normalized spacial score (nSPS) is 10.9. The molecule has 0 saturated carbocycles. The van der Waals surface area contributed by atoms with E-state index < -0.39 is 0 Å². The lowest BCUT2D eigenvalue weighted by molar-refractivity contribution is 0.529. The third-order valence-corrected chi connectivity index (χ3v) is 3.51. The Hall–Kier alpha value is -1.13. The molecule has 2 heterocycles. The molecule has 92 valence electrons. The van der Waals surface area contributed by atoms with Crippen molar-refractivity contribution in [2.45, 2.75) is 33.2 Å². The third-order valence-electron chi connectivity index (χ3n) is 2.50. The Morgan fingerprint density at radius 1 is 1.35 bits per heavy atom. The minimum absolute atomic E-state index is 0.883. The maximum atomic E-state index is 5.69. The summed E-state index contributed by atoms with van der Waals surface area (Å²) in [6, 6.07) is 4.02. The molecule has 2 aromatic heterocycles. The molecule has 0 aromatic carbocycles. The number of hydrogen-bond acceptors (Lipinski definition) is 4. The van der Waals surface area contributed by atoms with Gasteiger partial charge in [-0.25, -0.2) is 4.98 Å². The minimum atomic E-state index is 0.883. The van der Waals surface area contributed by atoms with Crippen LogP contribution in [0.1, 0.15) is 30.9 Å². The fourth-order valence-corrected chi connectivity index (χ4v) is 2.42. The Bertz CT molecular complexity index is 461. The summed E-state index contributed by atoms with van der Waals surface area (Å²) < 4.78 is 5.69. The van der Waals surface area contributed by atoms with Crippen LogP contribution in [0.25, 0.3) is 10.8 Å². The van der Waals surface area contributed by atoms with Crippen LogP contribution in [0.4, 0.5) is 0 Å². The zero-order valence-corrected chi connectivity index (χ0v) is 11.1. The lowest BCUT2D eigenvalue weighted by Gasteiger charge is -1.97. The zero-order valence-electron chi connectivity index (χ0n) is 10.3. The van der Waals surface area contributed by atoms with Gasteiger partial charge < -0.3 is 9.73 Å². The van der Waals surface area contributed by atoms with Crippen molar-refractivity contribution in [1.29, 1.82) is 0 Å². The maximum Gasteiger partial charge on any atom is 0.162 e. The number of nitrogens with one attached hydrogen (secondary N) is 1. The average molecular weight is 250 g/mol. The van der Waals surface area contributed by atoms with Crippen molar-refractivity contribution < 1.29 is 4.42 Å². The van der Waals surface area contributed by atoms with E-state index in [0.29, 0.717) is 0 Å². The SMILES string of the molecule is CCCNCc1cnc(-c2ccc(CC)o2)s1. The van der Waals surface area contributed by atoms with Gasteiger partial charge in [-0.05, 0) is 25.1 Å². The van der Waals surface area contributed by atoms with Gasteiger partial charge in [0.25, 0.3) is 0 Å². The predicted octanol–water partition coefficient (Wildman–Crippen LogP) is 3.47. The van der Waals surface area contributed by atoms with Crippen LogP contribution < -0.4 is 5.32 Å². The number of rotatable bonds is 6. The van der Waals surface area contributed by atoms with Crippen LogP contribution in [0.5, 0.6) is 0 Å². The molecule has 17 heavy (non-hydrogen) atoms. The first-order chi connectivity index (χ1) is 8.33. The Morgan fingerprint density at radius 2 is 2.24 bits per heavy atom. The van der Waals surface area contributed by atoms with E-state index in [1.807, 2.05) is 18.3 Å². The summed E-state index contributed by atoms with van der Waals surface area (Å²) in [5.41, 5.74) is 0. The maximum absolute atomic E-state index is 5.69. The van der Waals surface area contributed by atoms with Crippen molar-refractivity contribution in [2.24, 2.45) is 0 Å². The fraction of sp³-hybridized carbons (Fsp3) is 0.462. The summed E-state index contributed by atoms with van der Waals surface area (Å²) in [7, 11) is 0. The van der Waals surface area contributed by atoms with Gasteiger partial charge in [0.1, 0.15) is 5.76 Å². The van der Waals surface area contributed by atoms with Crippen molar-refractivity contribution >= 4 is 11.3 Å². The van der Waals surface area contributed by atoms with E-state index in [-0.39, 0.29) is 0 Å². The summed E-state index contributed by atoms with van der Waals surface area (Å²) >= 11 is 1.69. The molecule has 0 radical (unpaired) electrons. The highest BCUT2D eigenvalue weighted by Crippen LogP contribution is 2.27. The molecule has 4 heteroatoms.